The highest BCUT2D eigenvalue weighted by atomic mass is 35.5. The van der Waals surface area contributed by atoms with Gasteiger partial charge in [-0.3, -0.25) is 0 Å². The summed E-state index contributed by atoms with van der Waals surface area (Å²) in [5.74, 6) is 0. The lowest BCUT2D eigenvalue weighted by atomic mass is 10.1. The number of rotatable bonds is 14. The summed E-state index contributed by atoms with van der Waals surface area (Å²) in [6.07, 6.45) is 11.7. The SMILES string of the molecule is CCCCCC(Cl)CCOCCC(Cl)CCCCC. The first-order chi connectivity index (χ1) is 9.20. The minimum absolute atomic E-state index is 0.280. The molecule has 1 nitrogen and oxygen atoms in total. The molecule has 3 heteroatoms. The Bertz CT molecular complexity index is 158. The zero-order chi connectivity index (χ0) is 14.3. The highest BCUT2D eigenvalue weighted by Gasteiger charge is 2.06. The lowest BCUT2D eigenvalue weighted by Crippen LogP contribution is -2.09. The van der Waals surface area contributed by atoms with Gasteiger partial charge in [-0.1, -0.05) is 52.4 Å². The minimum atomic E-state index is 0.280. The summed E-state index contributed by atoms with van der Waals surface area (Å²) in [6, 6.07) is 0. The Morgan fingerprint density at radius 1 is 0.684 bits per heavy atom. The van der Waals surface area contributed by atoms with Crippen molar-refractivity contribution in [3.8, 4) is 0 Å². The van der Waals surface area contributed by atoms with Crippen LogP contribution in [0.2, 0.25) is 0 Å². The number of halogens is 2. The van der Waals surface area contributed by atoms with Crippen molar-refractivity contribution in [2.24, 2.45) is 0 Å². The molecule has 0 aliphatic heterocycles. The quantitative estimate of drug-likeness (QED) is 0.276. The fraction of sp³-hybridized carbons (Fsp3) is 1.00. The summed E-state index contributed by atoms with van der Waals surface area (Å²) in [6.45, 7) is 5.99. The second-order valence-corrected chi connectivity index (χ2v) is 6.61. The van der Waals surface area contributed by atoms with Crippen molar-refractivity contribution in [2.45, 2.75) is 88.8 Å². The number of ether oxygens (including phenoxy) is 1. The molecule has 0 aliphatic rings. The van der Waals surface area contributed by atoms with Gasteiger partial charge in [0.2, 0.25) is 0 Å². The molecule has 0 amide bonds. The zero-order valence-corrected chi connectivity index (χ0v) is 14.3. The molecule has 2 unspecified atom stereocenters. The fourth-order valence-corrected chi connectivity index (χ4v) is 2.53. The maximum Gasteiger partial charge on any atom is 0.0480 e. The molecule has 19 heavy (non-hydrogen) atoms. The van der Waals surface area contributed by atoms with Crippen LogP contribution in [0.15, 0.2) is 0 Å². The van der Waals surface area contributed by atoms with Crippen molar-refractivity contribution in [1.82, 2.24) is 0 Å². The summed E-state index contributed by atoms with van der Waals surface area (Å²) in [5.41, 5.74) is 0. The molecule has 0 radical (unpaired) electrons. The second kappa shape index (κ2) is 14.9. The molecule has 0 spiro atoms. The standard InChI is InChI=1S/C16H32Cl2O/c1-3-5-7-9-15(17)11-13-19-14-12-16(18)10-8-6-4-2/h15-16H,3-14H2,1-2H3. The normalized spacial score (nSPS) is 14.5. The van der Waals surface area contributed by atoms with Gasteiger partial charge in [-0.25, -0.2) is 0 Å². The van der Waals surface area contributed by atoms with E-state index in [0.29, 0.717) is 0 Å². The summed E-state index contributed by atoms with van der Waals surface area (Å²) in [7, 11) is 0. The first kappa shape index (κ1) is 19.5. The molecule has 0 heterocycles. The third kappa shape index (κ3) is 14.8. The molecule has 0 aromatic rings. The van der Waals surface area contributed by atoms with Gasteiger partial charge in [0, 0.05) is 24.0 Å². The maximum absolute atomic E-state index is 6.24. The van der Waals surface area contributed by atoms with Crippen molar-refractivity contribution >= 4 is 23.2 Å². The van der Waals surface area contributed by atoms with E-state index in [1.165, 1.54) is 38.5 Å². The molecule has 0 saturated carbocycles. The fourth-order valence-electron chi connectivity index (χ4n) is 2.04. The van der Waals surface area contributed by atoms with E-state index < -0.39 is 0 Å². The van der Waals surface area contributed by atoms with E-state index in [1.807, 2.05) is 0 Å². The van der Waals surface area contributed by atoms with Crippen molar-refractivity contribution in [3.05, 3.63) is 0 Å². The molecule has 0 rings (SSSR count). The Morgan fingerprint density at radius 2 is 1.11 bits per heavy atom. The van der Waals surface area contributed by atoms with Gasteiger partial charge in [0.05, 0.1) is 0 Å². The van der Waals surface area contributed by atoms with E-state index in [4.69, 9.17) is 27.9 Å². The van der Waals surface area contributed by atoms with Gasteiger partial charge in [0.25, 0.3) is 0 Å². The van der Waals surface area contributed by atoms with Gasteiger partial charge in [-0.05, 0) is 25.7 Å². The third-order valence-electron chi connectivity index (χ3n) is 3.39. The van der Waals surface area contributed by atoms with Gasteiger partial charge < -0.3 is 4.74 Å². The van der Waals surface area contributed by atoms with Crippen molar-refractivity contribution in [2.75, 3.05) is 13.2 Å². The molecule has 116 valence electrons. The Balaban J connectivity index is 3.24. The van der Waals surface area contributed by atoms with Crippen molar-refractivity contribution < 1.29 is 4.74 Å². The van der Waals surface area contributed by atoms with Crippen LogP contribution in [0.5, 0.6) is 0 Å². The first-order valence-electron chi connectivity index (χ1n) is 8.06. The topological polar surface area (TPSA) is 9.23 Å². The minimum Gasteiger partial charge on any atom is -0.381 e. The predicted octanol–water partition coefficient (Wildman–Crippen LogP) is 6.16. The van der Waals surface area contributed by atoms with E-state index in [1.54, 1.807) is 0 Å². The largest absolute Gasteiger partial charge is 0.381 e. The van der Waals surface area contributed by atoms with Crippen LogP contribution >= 0.6 is 23.2 Å². The molecular formula is C16H32Cl2O. The van der Waals surface area contributed by atoms with Gasteiger partial charge in [0.1, 0.15) is 0 Å². The number of hydrogen-bond donors (Lipinski definition) is 0. The molecule has 0 bridgehead atoms. The van der Waals surface area contributed by atoms with Crippen LogP contribution in [-0.4, -0.2) is 24.0 Å². The highest BCUT2D eigenvalue weighted by molar-refractivity contribution is 6.20. The Labute approximate surface area is 130 Å². The van der Waals surface area contributed by atoms with Crippen LogP contribution < -0.4 is 0 Å². The van der Waals surface area contributed by atoms with E-state index in [2.05, 4.69) is 13.8 Å². The number of alkyl halides is 2. The summed E-state index contributed by atoms with van der Waals surface area (Å²) in [4.78, 5) is 0. The van der Waals surface area contributed by atoms with Gasteiger partial charge >= 0.3 is 0 Å². The van der Waals surface area contributed by atoms with Gasteiger partial charge in [0.15, 0.2) is 0 Å². The molecule has 2 atom stereocenters. The van der Waals surface area contributed by atoms with E-state index >= 15 is 0 Å². The first-order valence-corrected chi connectivity index (χ1v) is 8.93. The van der Waals surface area contributed by atoms with Crippen LogP contribution in [0.3, 0.4) is 0 Å². The molecule has 0 fully saturated rings. The molecule has 0 aromatic heterocycles. The van der Waals surface area contributed by atoms with E-state index in [-0.39, 0.29) is 10.8 Å². The van der Waals surface area contributed by atoms with Crippen molar-refractivity contribution in [3.63, 3.8) is 0 Å². The van der Waals surface area contributed by atoms with Crippen LogP contribution in [-0.2, 0) is 4.74 Å². The van der Waals surface area contributed by atoms with Crippen LogP contribution in [0.25, 0.3) is 0 Å². The molecular weight excluding hydrogens is 279 g/mol. The van der Waals surface area contributed by atoms with Crippen molar-refractivity contribution in [1.29, 1.82) is 0 Å². The number of hydrogen-bond acceptors (Lipinski definition) is 1. The lowest BCUT2D eigenvalue weighted by molar-refractivity contribution is 0.127. The molecule has 0 saturated heterocycles. The van der Waals surface area contributed by atoms with Gasteiger partial charge in [-0.2, -0.15) is 0 Å². The summed E-state index contributed by atoms with van der Waals surface area (Å²) < 4.78 is 5.62. The second-order valence-electron chi connectivity index (χ2n) is 5.38. The van der Waals surface area contributed by atoms with E-state index in [9.17, 15) is 0 Å². The maximum atomic E-state index is 6.24. The van der Waals surface area contributed by atoms with Gasteiger partial charge in [-0.15, -0.1) is 23.2 Å². The average molecular weight is 311 g/mol. The predicted molar refractivity (Wildman–Crippen MR) is 87.6 cm³/mol. The number of unbranched alkanes of at least 4 members (excludes halogenated alkanes) is 4. The molecule has 0 aromatic carbocycles. The molecule has 0 N–H and O–H groups in total. The lowest BCUT2D eigenvalue weighted by Gasteiger charge is -2.11. The Kier molecular flexibility index (Phi) is 15.4. The van der Waals surface area contributed by atoms with Crippen LogP contribution in [0.4, 0.5) is 0 Å². The summed E-state index contributed by atoms with van der Waals surface area (Å²) >= 11 is 12.5. The summed E-state index contributed by atoms with van der Waals surface area (Å²) in [5, 5.41) is 0.561. The Morgan fingerprint density at radius 3 is 1.47 bits per heavy atom. The highest BCUT2D eigenvalue weighted by Crippen LogP contribution is 2.14. The third-order valence-corrected chi connectivity index (χ3v) is 4.27. The smallest absolute Gasteiger partial charge is 0.0480 e. The Hall–Kier alpha value is 0.540. The van der Waals surface area contributed by atoms with E-state index in [0.717, 1.165) is 38.9 Å². The zero-order valence-electron chi connectivity index (χ0n) is 12.8. The van der Waals surface area contributed by atoms with Crippen LogP contribution in [0, 0.1) is 0 Å². The van der Waals surface area contributed by atoms with Crippen LogP contribution in [0.1, 0.15) is 78.1 Å². The monoisotopic (exact) mass is 310 g/mol. The average Bonchev–Trinajstić information content (AvgIpc) is 2.39. The molecule has 0 aliphatic carbocycles.